The lowest BCUT2D eigenvalue weighted by atomic mass is 10.2. The summed E-state index contributed by atoms with van der Waals surface area (Å²) in [5.41, 5.74) is 2.77. The highest BCUT2D eigenvalue weighted by molar-refractivity contribution is 5.94. The van der Waals surface area contributed by atoms with Crippen LogP contribution in [0, 0.1) is 6.92 Å². The molecule has 1 fully saturated rings. The van der Waals surface area contributed by atoms with Crippen molar-refractivity contribution in [1.29, 1.82) is 0 Å². The molecule has 7 heteroatoms. The van der Waals surface area contributed by atoms with Crippen LogP contribution in [0.3, 0.4) is 0 Å². The van der Waals surface area contributed by atoms with Gasteiger partial charge in [0, 0.05) is 31.2 Å². The number of imidazole rings is 1. The Hall–Kier alpha value is -2.67. The van der Waals surface area contributed by atoms with Crippen LogP contribution in [-0.4, -0.2) is 49.3 Å². The van der Waals surface area contributed by atoms with E-state index in [2.05, 4.69) is 20.3 Å². The Morgan fingerprint density at radius 1 is 1.38 bits per heavy atom. The Balaban J connectivity index is 1.40. The quantitative estimate of drug-likeness (QED) is 0.764. The first-order valence-corrected chi connectivity index (χ1v) is 9.04. The maximum atomic E-state index is 12.5. The molecular formula is C19H24N6O. The number of nitrogens with one attached hydrogen (secondary N) is 1. The Labute approximate surface area is 152 Å². The highest BCUT2D eigenvalue weighted by Gasteiger charge is 2.26. The first-order chi connectivity index (χ1) is 12.6. The lowest BCUT2D eigenvalue weighted by Gasteiger charge is -2.23. The molecule has 1 aliphatic heterocycles. The number of carbonyl (C=O) groups is 1. The van der Waals surface area contributed by atoms with Gasteiger partial charge in [0.1, 0.15) is 5.82 Å². The predicted molar refractivity (Wildman–Crippen MR) is 101 cm³/mol. The molecular weight excluding hydrogens is 328 g/mol. The third-order valence-corrected chi connectivity index (χ3v) is 5.19. The normalized spacial score (nSPS) is 17.8. The van der Waals surface area contributed by atoms with Gasteiger partial charge in [-0.25, -0.2) is 4.98 Å². The summed E-state index contributed by atoms with van der Waals surface area (Å²) in [4.78, 5) is 19.3. The molecule has 0 bridgehead atoms. The molecule has 4 rings (SSSR count). The molecule has 26 heavy (non-hydrogen) atoms. The Morgan fingerprint density at radius 2 is 2.27 bits per heavy atom. The van der Waals surface area contributed by atoms with Gasteiger partial charge in [-0.1, -0.05) is 0 Å². The second kappa shape index (κ2) is 6.92. The molecule has 136 valence electrons. The summed E-state index contributed by atoms with van der Waals surface area (Å²) in [7, 11) is 2.00. The van der Waals surface area contributed by atoms with Crippen molar-refractivity contribution in [1.82, 2.24) is 24.2 Å². The lowest BCUT2D eigenvalue weighted by molar-refractivity contribution is -0.117. The van der Waals surface area contributed by atoms with E-state index in [-0.39, 0.29) is 5.91 Å². The van der Waals surface area contributed by atoms with E-state index < -0.39 is 0 Å². The molecule has 0 aliphatic carbocycles. The fourth-order valence-corrected chi connectivity index (χ4v) is 3.72. The van der Waals surface area contributed by atoms with Crippen LogP contribution >= 0.6 is 0 Å². The minimum Gasteiger partial charge on any atom is -0.331 e. The number of aryl methyl sites for hydroxylation is 2. The van der Waals surface area contributed by atoms with E-state index in [1.54, 1.807) is 6.20 Å². The van der Waals surface area contributed by atoms with Crippen LogP contribution in [-0.2, 0) is 18.4 Å². The molecule has 0 spiro atoms. The maximum Gasteiger partial charge on any atom is 0.238 e. The van der Waals surface area contributed by atoms with E-state index in [0.717, 1.165) is 48.5 Å². The second-order valence-electron chi connectivity index (χ2n) is 6.96. The van der Waals surface area contributed by atoms with Crippen molar-refractivity contribution in [2.24, 2.45) is 7.05 Å². The van der Waals surface area contributed by atoms with Gasteiger partial charge >= 0.3 is 0 Å². The molecule has 1 aliphatic rings. The van der Waals surface area contributed by atoms with Gasteiger partial charge in [0.2, 0.25) is 5.91 Å². The predicted octanol–water partition coefficient (Wildman–Crippen LogP) is 2.18. The number of benzene rings is 1. The van der Waals surface area contributed by atoms with Crippen molar-refractivity contribution in [2.45, 2.75) is 32.4 Å². The van der Waals surface area contributed by atoms with Crippen LogP contribution in [0.2, 0.25) is 0 Å². The number of hydrogen-bond donors (Lipinski definition) is 1. The lowest BCUT2D eigenvalue weighted by Crippen LogP contribution is -2.39. The van der Waals surface area contributed by atoms with Crippen LogP contribution in [0.1, 0.15) is 18.7 Å². The summed E-state index contributed by atoms with van der Waals surface area (Å²) >= 11 is 0. The number of carbonyl (C=O) groups excluding carboxylic acids is 1. The monoisotopic (exact) mass is 352 g/mol. The SMILES string of the molecule is Cc1nc2cc(NC(=O)CN3CCCC3Cn3cccn3)ccc2n1C. The fourth-order valence-electron chi connectivity index (χ4n) is 3.72. The second-order valence-corrected chi connectivity index (χ2v) is 6.96. The average Bonchev–Trinajstić information content (AvgIpc) is 3.32. The molecule has 1 unspecified atom stereocenters. The third kappa shape index (κ3) is 3.35. The number of nitrogens with zero attached hydrogens (tertiary/aromatic N) is 5. The van der Waals surface area contributed by atoms with Crippen molar-refractivity contribution in [3.05, 3.63) is 42.5 Å². The summed E-state index contributed by atoms with van der Waals surface area (Å²) in [5, 5.41) is 7.30. The van der Waals surface area contributed by atoms with Gasteiger partial charge in [0.15, 0.2) is 0 Å². The molecule has 1 amide bonds. The maximum absolute atomic E-state index is 12.5. The molecule has 1 aromatic carbocycles. The average molecular weight is 352 g/mol. The molecule has 0 radical (unpaired) electrons. The zero-order chi connectivity index (χ0) is 18.1. The Kier molecular flexibility index (Phi) is 4.46. The number of anilines is 1. The van der Waals surface area contributed by atoms with E-state index in [9.17, 15) is 4.79 Å². The number of hydrogen-bond acceptors (Lipinski definition) is 4. The number of amides is 1. The minimum atomic E-state index is 0.0179. The van der Waals surface area contributed by atoms with Gasteiger partial charge in [-0.2, -0.15) is 5.10 Å². The fraction of sp³-hybridized carbons (Fsp3) is 0.421. The molecule has 1 atom stereocenters. The Morgan fingerprint density at radius 3 is 3.08 bits per heavy atom. The molecule has 3 heterocycles. The number of rotatable bonds is 5. The van der Waals surface area contributed by atoms with Crippen molar-refractivity contribution >= 4 is 22.6 Å². The van der Waals surface area contributed by atoms with Gasteiger partial charge in [-0.15, -0.1) is 0 Å². The smallest absolute Gasteiger partial charge is 0.238 e. The van der Waals surface area contributed by atoms with E-state index in [1.165, 1.54) is 0 Å². The minimum absolute atomic E-state index is 0.0179. The summed E-state index contributed by atoms with van der Waals surface area (Å²) in [6.07, 6.45) is 5.99. The van der Waals surface area contributed by atoms with Crippen molar-refractivity contribution in [3.63, 3.8) is 0 Å². The Bertz CT molecular complexity index is 914. The zero-order valence-corrected chi connectivity index (χ0v) is 15.2. The molecule has 2 aromatic heterocycles. The highest BCUT2D eigenvalue weighted by atomic mass is 16.2. The van der Waals surface area contributed by atoms with Crippen LogP contribution < -0.4 is 5.32 Å². The van der Waals surface area contributed by atoms with Gasteiger partial charge in [0.05, 0.1) is 24.1 Å². The first-order valence-electron chi connectivity index (χ1n) is 9.04. The summed E-state index contributed by atoms with van der Waals surface area (Å²) in [6, 6.07) is 8.17. The van der Waals surface area contributed by atoms with Gasteiger partial charge in [-0.05, 0) is 50.6 Å². The number of fused-ring (bicyclic) bond motifs is 1. The molecule has 1 N–H and O–H groups in total. The molecule has 0 saturated carbocycles. The van der Waals surface area contributed by atoms with Crippen LogP contribution in [0.25, 0.3) is 11.0 Å². The van der Waals surface area contributed by atoms with Crippen LogP contribution in [0.15, 0.2) is 36.7 Å². The zero-order valence-electron chi connectivity index (χ0n) is 15.2. The highest BCUT2D eigenvalue weighted by Crippen LogP contribution is 2.21. The van der Waals surface area contributed by atoms with Gasteiger partial charge in [-0.3, -0.25) is 14.4 Å². The molecule has 7 nitrogen and oxygen atoms in total. The number of aromatic nitrogens is 4. The van der Waals surface area contributed by atoms with Crippen molar-refractivity contribution < 1.29 is 4.79 Å². The third-order valence-electron chi connectivity index (χ3n) is 5.19. The largest absolute Gasteiger partial charge is 0.331 e. The van der Waals surface area contributed by atoms with E-state index >= 15 is 0 Å². The van der Waals surface area contributed by atoms with Crippen molar-refractivity contribution in [3.8, 4) is 0 Å². The van der Waals surface area contributed by atoms with Gasteiger partial charge in [0.25, 0.3) is 0 Å². The summed E-state index contributed by atoms with van der Waals surface area (Å²) < 4.78 is 3.99. The van der Waals surface area contributed by atoms with E-state index in [1.807, 2.05) is 53.7 Å². The van der Waals surface area contributed by atoms with E-state index in [0.29, 0.717) is 12.6 Å². The topological polar surface area (TPSA) is 68.0 Å². The molecule has 3 aromatic rings. The van der Waals surface area contributed by atoms with Crippen LogP contribution in [0.5, 0.6) is 0 Å². The van der Waals surface area contributed by atoms with Gasteiger partial charge < -0.3 is 9.88 Å². The standard InChI is InChI=1S/C19H24N6O/c1-14-21-17-11-15(6-7-18(17)23(14)2)22-19(26)13-24-9-3-5-16(24)12-25-10-4-8-20-25/h4,6-8,10-11,16H,3,5,9,12-13H2,1-2H3,(H,22,26). The summed E-state index contributed by atoms with van der Waals surface area (Å²) in [5.74, 6) is 0.978. The molecule has 1 saturated heterocycles. The first kappa shape index (κ1) is 16.8. The van der Waals surface area contributed by atoms with Crippen molar-refractivity contribution in [2.75, 3.05) is 18.4 Å². The van der Waals surface area contributed by atoms with Crippen LogP contribution in [0.4, 0.5) is 5.69 Å². The van der Waals surface area contributed by atoms with E-state index in [4.69, 9.17) is 0 Å². The summed E-state index contributed by atoms with van der Waals surface area (Å²) in [6.45, 7) is 4.17. The number of likely N-dealkylation sites (tertiary alicyclic amines) is 1.